The minimum absolute atomic E-state index is 0.0235. The molecule has 0 amide bonds. The molecule has 0 aromatic carbocycles. The van der Waals surface area contributed by atoms with Crippen LogP contribution in [-0.2, 0) is 16.1 Å². The molecule has 7 heteroatoms. The number of nitrogens with one attached hydrogen (secondary N) is 1. The molecule has 32 heavy (non-hydrogen) atoms. The number of halogens is 1. The van der Waals surface area contributed by atoms with E-state index in [1.807, 2.05) is 25.1 Å². The van der Waals surface area contributed by atoms with E-state index < -0.39 is 29.2 Å². The van der Waals surface area contributed by atoms with Crippen LogP contribution in [-0.4, -0.2) is 69.4 Å². The van der Waals surface area contributed by atoms with Crippen molar-refractivity contribution in [2.45, 2.75) is 109 Å². The first-order valence-corrected chi connectivity index (χ1v) is 13.6. The Labute approximate surface area is 199 Å². The molecule has 5 unspecified atom stereocenters. The van der Waals surface area contributed by atoms with Crippen molar-refractivity contribution in [3.8, 4) is 0 Å². The molecule has 5 nitrogen and oxygen atoms in total. The largest absolute Gasteiger partial charge is 0.598 e. The number of allylic oxidation sites excluding steroid dienone is 1. The van der Waals surface area contributed by atoms with E-state index in [9.17, 15) is 14.0 Å². The van der Waals surface area contributed by atoms with Gasteiger partial charge in [-0.1, -0.05) is 58.3 Å². The number of alkyl halides is 1. The Kier molecular flexibility index (Phi) is 14.3. The summed E-state index contributed by atoms with van der Waals surface area (Å²) in [5.74, 6) is 0. The quantitative estimate of drug-likeness (QED) is 0.223. The lowest BCUT2D eigenvalue weighted by atomic mass is 9.89. The summed E-state index contributed by atoms with van der Waals surface area (Å²) in [6, 6.07) is 0.0285. The number of likely N-dealkylation sites (N-methyl/N-ethyl adjacent to an activating group) is 1. The van der Waals surface area contributed by atoms with Crippen molar-refractivity contribution in [3.63, 3.8) is 0 Å². The van der Waals surface area contributed by atoms with Gasteiger partial charge in [0.15, 0.2) is 0 Å². The van der Waals surface area contributed by atoms with Crippen LogP contribution in [0.4, 0.5) is 4.39 Å². The normalized spacial score (nSPS) is 21.4. The third kappa shape index (κ3) is 8.73. The standard InChI is InChI=1S/C25H47FN2O3S/c1-7-13-14-25(31-24(11-5)23(26)10-4)18-28(19-25)32(30)22(9-3)16-20(8-2)15-21(17-29)27-12-6/h8,10,21-24,27,29H,4,7,9,11-19H2,1-3,5-6H3/b20-8-. The van der Waals surface area contributed by atoms with Crippen molar-refractivity contribution in [1.29, 1.82) is 0 Å². The van der Waals surface area contributed by atoms with Crippen LogP contribution < -0.4 is 5.32 Å². The summed E-state index contributed by atoms with van der Waals surface area (Å²) in [5.41, 5.74) is 0.797. The van der Waals surface area contributed by atoms with Crippen molar-refractivity contribution in [1.82, 2.24) is 9.62 Å². The second-order valence-electron chi connectivity index (χ2n) is 8.93. The summed E-state index contributed by atoms with van der Waals surface area (Å²) in [6.45, 7) is 15.8. The Balaban J connectivity index is 2.79. The van der Waals surface area contributed by atoms with Gasteiger partial charge in [-0.15, -0.1) is 10.9 Å². The van der Waals surface area contributed by atoms with Gasteiger partial charge in [0.1, 0.15) is 17.0 Å². The lowest BCUT2D eigenvalue weighted by Crippen LogP contribution is -2.67. The molecule has 1 rings (SSSR count). The second-order valence-corrected chi connectivity index (χ2v) is 10.7. The molecule has 1 aliphatic heterocycles. The van der Waals surface area contributed by atoms with Crippen LogP contribution in [0, 0.1) is 0 Å². The molecule has 0 aromatic rings. The zero-order valence-electron chi connectivity index (χ0n) is 20.9. The summed E-state index contributed by atoms with van der Waals surface area (Å²) in [6.07, 6.45) is 7.54. The number of hydrogen-bond donors (Lipinski definition) is 2. The van der Waals surface area contributed by atoms with E-state index in [1.165, 1.54) is 11.6 Å². The highest BCUT2D eigenvalue weighted by Gasteiger charge is 2.52. The first kappa shape index (κ1) is 29.6. The highest BCUT2D eigenvalue weighted by atomic mass is 32.2. The van der Waals surface area contributed by atoms with E-state index in [0.717, 1.165) is 45.1 Å². The zero-order chi connectivity index (χ0) is 24.1. The third-order valence-electron chi connectivity index (χ3n) is 6.41. The molecule has 0 radical (unpaired) electrons. The predicted molar refractivity (Wildman–Crippen MR) is 134 cm³/mol. The van der Waals surface area contributed by atoms with Gasteiger partial charge in [-0.2, -0.15) is 0 Å². The molecule has 1 heterocycles. The smallest absolute Gasteiger partial charge is 0.144 e. The van der Waals surface area contributed by atoms with Gasteiger partial charge < -0.3 is 19.7 Å². The Morgan fingerprint density at radius 1 is 1.28 bits per heavy atom. The zero-order valence-corrected chi connectivity index (χ0v) is 21.8. The molecule has 0 saturated carbocycles. The van der Waals surface area contributed by atoms with Crippen LogP contribution in [0.15, 0.2) is 24.3 Å². The summed E-state index contributed by atoms with van der Waals surface area (Å²) >= 11 is -1.12. The summed E-state index contributed by atoms with van der Waals surface area (Å²) in [5, 5.41) is 12.9. The van der Waals surface area contributed by atoms with Gasteiger partial charge in [-0.3, -0.25) is 0 Å². The van der Waals surface area contributed by atoms with E-state index >= 15 is 0 Å². The van der Waals surface area contributed by atoms with E-state index in [0.29, 0.717) is 19.5 Å². The van der Waals surface area contributed by atoms with Crippen molar-refractivity contribution in [2.75, 3.05) is 26.2 Å². The average Bonchev–Trinajstić information content (AvgIpc) is 2.79. The summed E-state index contributed by atoms with van der Waals surface area (Å²) in [7, 11) is 0. The molecule has 1 saturated heterocycles. The number of hydrogen-bond acceptors (Lipinski definition) is 5. The number of ether oxygens (including phenoxy) is 1. The molecule has 0 spiro atoms. The van der Waals surface area contributed by atoms with Crippen LogP contribution in [0.25, 0.3) is 0 Å². The van der Waals surface area contributed by atoms with Crippen molar-refractivity contribution in [3.05, 3.63) is 24.3 Å². The second kappa shape index (κ2) is 15.5. The van der Waals surface area contributed by atoms with Crippen LogP contribution in [0.2, 0.25) is 0 Å². The first-order valence-electron chi connectivity index (χ1n) is 12.4. The number of rotatable bonds is 18. The Morgan fingerprint density at radius 2 is 1.97 bits per heavy atom. The predicted octanol–water partition coefficient (Wildman–Crippen LogP) is 4.69. The molecular weight excluding hydrogens is 427 g/mol. The molecule has 0 aromatic heterocycles. The maximum absolute atomic E-state index is 14.3. The molecule has 0 aliphatic carbocycles. The maximum atomic E-state index is 14.3. The van der Waals surface area contributed by atoms with Crippen molar-refractivity contribution in [2.24, 2.45) is 0 Å². The molecule has 1 fully saturated rings. The minimum Gasteiger partial charge on any atom is -0.598 e. The summed E-state index contributed by atoms with van der Waals surface area (Å²) < 4.78 is 36.0. The lowest BCUT2D eigenvalue weighted by Gasteiger charge is -2.51. The van der Waals surface area contributed by atoms with Gasteiger partial charge in [0, 0.05) is 23.8 Å². The summed E-state index contributed by atoms with van der Waals surface area (Å²) in [4.78, 5) is 0. The number of aliphatic hydroxyl groups excluding tert-OH is 1. The van der Waals surface area contributed by atoms with Crippen LogP contribution in [0.3, 0.4) is 0 Å². The van der Waals surface area contributed by atoms with Gasteiger partial charge in [0.25, 0.3) is 0 Å². The van der Waals surface area contributed by atoms with Crippen LogP contribution in [0.5, 0.6) is 0 Å². The molecular formula is C25H47FN2O3S. The number of unbranched alkanes of at least 4 members (excludes halogenated alkanes) is 1. The van der Waals surface area contributed by atoms with E-state index in [-0.39, 0.29) is 17.9 Å². The number of aliphatic hydroxyl groups is 1. The monoisotopic (exact) mass is 474 g/mol. The third-order valence-corrected chi connectivity index (χ3v) is 8.25. The fraction of sp³-hybridized carbons (Fsp3) is 0.840. The Morgan fingerprint density at radius 3 is 2.44 bits per heavy atom. The van der Waals surface area contributed by atoms with Gasteiger partial charge in [-0.25, -0.2) is 4.39 Å². The molecule has 1 aliphatic rings. The first-order chi connectivity index (χ1) is 15.3. The molecule has 0 bridgehead atoms. The van der Waals surface area contributed by atoms with Gasteiger partial charge >= 0.3 is 0 Å². The topological polar surface area (TPSA) is 67.8 Å². The van der Waals surface area contributed by atoms with E-state index in [2.05, 4.69) is 31.8 Å². The highest BCUT2D eigenvalue weighted by molar-refractivity contribution is 7.89. The molecule has 2 N–H and O–H groups in total. The lowest BCUT2D eigenvalue weighted by molar-refractivity contribution is -0.168. The fourth-order valence-corrected chi connectivity index (χ4v) is 6.14. The SMILES string of the molecule is C=CC(F)C(CC)OC1(CCCC)CN([S+]([O-])C(CC)C/C(=C\C)CC(CO)NCC)C1. The van der Waals surface area contributed by atoms with Crippen LogP contribution in [0.1, 0.15) is 79.6 Å². The van der Waals surface area contributed by atoms with E-state index in [4.69, 9.17) is 4.74 Å². The Bertz CT molecular complexity index is 557. The van der Waals surface area contributed by atoms with Crippen molar-refractivity contribution >= 4 is 11.4 Å². The molecule has 188 valence electrons. The maximum Gasteiger partial charge on any atom is 0.144 e. The molecule has 5 atom stereocenters. The van der Waals surface area contributed by atoms with E-state index in [1.54, 1.807) is 0 Å². The highest BCUT2D eigenvalue weighted by Crippen LogP contribution is 2.37. The van der Waals surface area contributed by atoms with Gasteiger partial charge in [0.2, 0.25) is 0 Å². The average molecular weight is 475 g/mol. The van der Waals surface area contributed by atoms with Gasteiger partial charge in [0.05, 0.1) is 25.8 Å². The van der Waals surface area contributed by atoms with Crippen molar-refractivity contribution < 1.29 is 18.8 Å². The fourth-order valence-electron chi connectivity index (χ4n) is 4.35. The van der Waals surface area contributed by atoms with Gasteiger partial charge in [-0.05, 0) is 39.2 Å². The Hall–Kier alpha value is -0.440. The van der Waals surface area contributed by atoms with Crippen LogP contribution >= 0.6 is 0 Å². The minimum atomic E-state index is -1.19. The number of nitrogens with zero attached hydrogens (tertiary/aromatic N) is 1.